The van der Waals surface area contributed by atoms with Crippen molar-refractivity contribution in [2.45, 2.75) is 6.92 Å². The number of nitrogens with two attached hydrogens (primary N) is 1. The second-order valence-corrected chi connectivity index (χ2v) is 2.63. The zero-order valence-electron chi connectivity index (χ0n) is 6.66. The molecule has 1 heterocycles. The Hall–Kier alpha value is -1.38. The van der Waals surface area contributed by atoms with Gasteiger partial charge in [0.2, 0.25) is 0 Å². The number of rotatable bonds is 1. The summed E-state index contributed by atoms with van der Waals surface area (Å²) in [4.78, 5) is 10.7. The summed E-state index contributed by atoms with van der Waals surface area (Å²) in [5, 5.41) is 0. The largest absolute Gasteiger partial charge is 0.365 e. The molecule has 0 atom stereocenters. The number of nitrogens with zero attached hydrogens (tertiary/aromatic N) is 1. The summed E-state index contributed by atoms with van der Waals surface area (Å²) in [6, 6.07) is 1.77. The Morgan fingerprint density at radius 2 is 2.18 bits per heavy atom. The Morgan fingerprint density at radius 3 is 2.64 bits per heavy atom. The van der Waals surface area contributed by atoms with Gasteiger partial charge in [0.05, 0.1) is 0 Å². The van der Waals surface area contributed by atoms with Crippen molar-refractivity contribution in [2.24, 2.45) is 12.8 Å². The predicted octanol–water partition coefficient (Wildman–Crippen LogP) is -0.0816. The van der Waals surface area contributed by atoms with Gasteiger partial charge in [-0.1, -0.05) is 0 Å². The normalized spacial score (nSPS) is 9.64. The number of pyridine rings is 1. The Morgan fingerprint density at radius 1 is 1.55 bits per heavy atom. The van der Waals surface area contributed by atoms with Crippen LogP contribution in [0.2, 0.25) is 0 Å². The second kappa shape index (κ2) is 2.70. The number of carbonyl (C=O) groups is 1. The number of aryl methyl sites for hydroxylation is 2. The van der Waals surface area contributed by atoms with Crippen LogP contribution in [-0.4, -0.2) is 5.91 Å². The van der Waals surface area contributed by atoms with Gasteiger partial charge in [0.15, 0.2) is 12.4 Å². The fraction of sp³-hybridized carbons (Fsp3) is 0.250. The van der Waals surface area contributed by atoms with Gasteiger partial charge >= 0.3 is 0 Å². The lowest BCUT2D eigenvalue weighted by Gasteiger charge is -1.94. The van der Waals surface area contributed by atoms with Crippen molar-refractivity contribution in [3.05, 3.63) is 29.6 Å². The number of primary amides is 1. The van der Waals surface area contributed by atoms with Crippen LogP contribution in [0.25, 0.3) is 0 Å². The molecular weight excluding hydrogens is 140 g/mol. The van der Waals surface area contributed by atoms with E-state index in [0.717, 1.165) is 5.56 Å². The third kappa shape index (κ3) is 1.77. The maximum Gasteiger partial charge on any atom is 0.254 e. The molecule has 0 fully saturated rings. The van der Waals surface area contributed by atoms with Crippen molar-refractivity contribution < 1.29 is 9.36 Å². The van der Waals surface area contributed by atoms with Crippen LogP contribution in [0.5, 0.6) is 0 Å². The molecule has 1 rings (SSSR count). The van der Waals surface area contributed by atoms with Gasteiger partial charge in [0, 0.05) is 5.56 Å². The minimum Gasteiger partial charge on any atom is -0.365 e. The van der Waals surface area contributed by atoms with Crippen LogP contribution < -0.4 is 10.3 Å². The molecule has 0 aliphatic rings. The number of aromatic nitrogens is 1. The van der Waals surface area contributed by atoms with Crippen LogP contribution in [0, 0.1) is 6.92 Å². The molecule has 0 saturated heterocycles. The Balaban J connectivity index is 3.19. The predicted molar refractivity (Wildman–Crippen MR) is 40.9 cm³/mol. The van der Waals surface area contributed by atoms with Crippen LogP contribution in [0.15, 0.2) is 18.5 Å². The van der Waals surface area contributed by atoms with Gasteiger partial charge in [-0.15, -0.1) is 0 Å². The number of hydrogen-bond donors (Lipinski definition) is 1. The molecule has 0 aliphatic heterocycles. The van der Waals surface area contributed by atoms with E-state index < -0.39 is 0 Å². The maximum absolute atomic E-state index is 10.7. The van der Waals surface area contributed by atoms with Crippen LogP contribution in [-0.2, 0) is 7.05 Å². The first kappa shape index (κ1) is 7.72. The molecule has 3 nitrogen and oxygen atoms in total. The van der Waals surface area contributed by atoms with Crippen molar-refractivity contribution in [1.82, 2.24) is 0 Å². The molecule has 58 valence electrons. The third-order valence-corrected chi connectivity index (χ3v) is 1.42. The Bertz CT molecular complexity index is 274. The summed E-state index contributed by atoms with van der Waals surface area (Å²) in [5.74, 6) is -0.385. The average molecular weight is 151 g/mol. The van der Waals surface area contributed by atoms with Crippen molar-refractivity contribution in [3.8, 4) is 0 Å². The number of hydrogen-bond acceptors (Lipinski definition) is 1. The van der Waals surface area contributed by atoms with E-state index in [1.54, 1.807) is 12.3 Å². The van der Waals surface area contributed by atoms with Gasteiger partial charge in [0.25, 0.3) is 5.91 Å². The molecule has 0 saturated carbocycles. The molecule has 0 bridgehead atoms. The highest BCUT2D eigenvalue weighted by molar-refractivity contribution is 5.92. The summed E-state index contributed by atoms with van der Waals surface area (Å²) < 4.78 is 1.81. The van der Waals surface area contributed by atoms with Gasteiger partial charge in [-0.25, -0.2) is 4.57 Å². The summed E-state index contributed by atoms with van der Waals surface area (Å²) in [6.45, 7) is 1.92. The molecule has 2 N–H and O–H groups in total. The first-order valence-electron chi connectivity index (χ1n) is 3.36. The van der Waals surface area contributed by atoms with Crippen LogP contribution in [0.3, 0.4) is 0 Å². The van der Waals surface area contributed by atoms with E-state index >= 15 is 0 Å². The molecule has 0 radical (unpaired) electrons. The Kier molecular flexibility index (Phi) is 1.89. The van der Waals surface area contributed by atoms with Crippen LogP contribution in [0.1, 0.15) is 15.9 Å². The van der Waals surface area contributed by atoms with Gasteiger partial charge < -0.3 is 5.73 Å². The zero-order valence-corrected chi connectivity index (χ0v) is 6.66. The standard InChI is InChI=1S/C8H10N2O/c1-6-3-7(8(9)11)5-10(2)4-6/h3-5H,1-2H3,(H-,9,11)/p+1. The van der Waals surface area contributed by atoms with Gasteiger partial charge in [-0.2, -0.15) is 0 Å². The van der Waals surface area contributed by atoms with Gasteiger partial charge in [-0.3, -0.25) is 4.79 Å². The smallest absolute Gasteiger partial charge is 0.254 e. The highest BCUT2D eigenvalue weighted by Gasteiger charge is 2.05. The van der Waals surface area contributed by atoms with E-state index in [0.29, 0.717) is 5.56 Å². The fourth-order valence-corrected chi connectivity index (χ4v) is 1.03. The third-order valence-electron chi connectivity index (χ3n) is 1.42. The average Bonchev–Trinajstić information content (AvgIpc) is 1.85. The molecule has 3 heteroatoms. The second-order valence-electron chi connectivity index (χ2n) is 2.63. The lowest BCUT2D eigenvalue weighted by atomic mass is 10.2. The maximum atomic E-state index is 10.7. The molecule has 0 aliphatic carbocycles. The monoisotopic (exact) mass is 151 g/mol. The van der Waals surface area contributed by atoms with E-state index in [4.69, 9.17) is 5.73 Å². The molecule has 0 unspecified atom stereocenters. The van der Waals surface area contributed by atoms with Gasteiger partial charge in [-0.05, 0) is 13.0 Å². The van der Waals surface area contributed by atoms with E-state index in [2.05, 4.69) is 0 Å². The van der Waals surface area contributed by atoms with E-state index in [9.17, 15) is 4.79 Å². The highest BCUT2D eigenvalue weighted by Crippen LogP contribution is 1.97. The molecule has 0 spiro atoms. The molecular formula is C8H11N2O+. The first-order valence-corrected chi connectivity index (χ1v) is 3.36. The topological polar surface area (TPSA) is 47.0 Å². The summed E-state index contributed by atoms with van der Waals surface area (Å²) in [7, 11) is 1.86. The SMILES string of the molecule is Cc1cc(C(N)=O)c[n+](C)c1. The van der Waals surface area contributed by atoms with E-state index in [1.807, 2.05) is 24.7 Å². The fourth-order valence-electron chi connectivity index (χ4n) is 1.03. The van der Waals surface area contributed by atoms with E-state index in [1.165, 1.54) is 0 Å². The molecule has 1 aromatic heterocycles. The lowest BCUT2D eigenvalue weighted by molar-refractivity contribution is -0.671. The zero-order chi connectivity index (χ0) is 8.43. The van der Waals surface area contributed by atoms with Crippen molar-refractivity contribution in [2.75, 3.05) is 0 Å². The van der Waals surface area contributed by atoms with Crippen LogP contribution >= 0.6 is 0 Å². The minimum atomic E-state index is -0.385. The summed E-state index contributed by atoms with van der Waals surface area (Å²) >= 11 is 0. The highest BCUT2D eigenvalue weighted by atomic mass is 16.1. The van der Waals surface area contributed by atoms with Gasteiger partial charge in [0.1, 0.15) is 12.6 Å². The molecule has 1 aromatic rings. The quantitative estimate of drug-likeness (QED) is 0.560. The lowest BCUT2D eigenvalue weighted by Crippen LogP contribution is -2.30. The number of amides is 1. The first-order chi connectivity index (χ1) is 5.09. The van der Waals surface area contributed by atoms with Crippen LogP contribution in [0.4, 0.5) is 0 Å². The molecule has 11 heavy (non-hydrogen) atoms. The van der Waals surface area contributed by atoms with Crippen molar-refractivity contribution in [3.63, 3.8) is 0 Å². The molecule has 1 amide bonds. The number of carbonyl (C=O) groups excluding carboxylic acids is 1. The van der Waals surface area contributed by atoms with Crippen molar-refractivity contribution in [1.29, 1.82) is 0 Å². The van der Waals surface area contributed by atoms with Crippen molar-refractivity contribution >= 4 is 5.91 Å². The van der Waals surface area contributed by atoms with E-state index in [-0.39, 0.29) is 5.91 Å². The Labute approximate surface area is 65.5 Å². The summed E-state index contributed by atoms with van der Waals surface area (Å²) in [5.41, 5.74) is 6.68. The minimum absolute atomic E-state index is 0.385. The summed E-state index contributed by atoms with van der Waals surface area (Å²) in [6.07, 6.45) is 3.63. The molecule has 0 aromatic carbocycles.